The lowest BCUT2D eigenvalue weighted by molar-refractivity contribution is -0.118. The van der Waals surface area contributed by atoms with E-state index in [-0.39, 0.29) is 29.6 Å². The Morgan fingerprint density at radius 2 is 1.78 bits per heavy atom. The molecule has 7 heteroatoms. The Morgan fingerprint density at radius 3 is 2.34 bits per heavy atom. The summed E-state index contributed by atoms with van der Waals surface area (Å²) in [5.41, 5.74) is 2.78. The van der Waals surface area contributed by atoms with Gasteiger partial charge in [0.25, 0.3) is 5.91 Å². The lowest BCUT2D eigenvalue weighted by Gasteiger charge is -2.28. The highest BCUT2D eigenvalue weighted by atomic mass is 16.3. The van der Waals surface area contributed by atoms with Crippen molar-refractivity contribution in [1.29, 1.82) is 0 Å². The molecular weight excluding hydrogens is 406 g/mol. The van der Waals surface area contributed by atoms with E-state index in [1.165, 1.54) is 11.8 Å². The van der Waals surface area contributed by atoms with Gasteiger partial charge in [-0.2, -0.15) is 0 Å². The van der Waals surface area contributed by atoms with Crippen LogP contribution in [0.1, 0.15) is 38.8 Å². The zero-order valence-corrected chi connectivity index (χ0v) is 19.0. The minimum atomic E-state index is -0.766. The van der Waals surface area contributed by atoms with Gasteiger partial charge in [-0.15, -0.1) is 0 Å². The topological polar surface area (TPSA) is 90.0 Å². The zero-order chi connectivity index (χ0) is 23.6. The van der Waals surface area contributed by atoms with Crippen molar-refractivity contribution in [3.63, 3.8) is 0 Å². The number of nitrogens with one attached hydrogen (secondary N) is 1. The van der Waals surface area contributed by atoms with Crippen molar-refractivity contribution in [3.8, 4) is 0 Å². The molecule has 168 valence electrons. The summed E-state index contributed by atoms with van der Waals surface area (Å²) in [6.45, 7) is 5.24. The van der Waals surface area contributed by atoms with Crippen LogP contribution in [0.25, 0.3) is 0 Å². The molecule has 2 N–H and O–H groups in total. The molecule has 0 aromatic heterocycles. The quantitative estimate of drug-likeness (QED) is 0.679. The maximum absolute atomic E-state index is 13.2. The first-order chi connectivity index (χ1) is 15.1. The maximum Gasteiger partial charge on any atom is 0.294 e. The molecule has 0 saturated heterocycles. The maximum atomic E-state index is 13.2. The first kappa shape index (κ1) is 23.1. The molecular formula is C25H29N3O4. The van der Waals surface area contributed by atoms with Crippen molar-refractivity contribution >= 4 is 34.7 Å². The molecule has 2 amide bonds. The predicted octanol–water partition coefficient (Wildman–Crippen LogP) is 4.23. The second-order valence-corrected chi connectivity index (χ2v) is 8.58. The van der Waals surface area contributed by atoms with Crippen LogP contribution in [0.5, 0.6) is 0 Å². The van der Waals surface area contributed by atoms with Gasteiger partial charge in [-0.3, -0.25) is 19.3 Å². The molecule has 0 aliphatic carbocycles. The van der Waals surface area contributed by atoms with E-state index in [1.807, 2.05) is 57.1 Å². The number of ketones is 1. The van der Waals surface area contributed by atoms with Gasteiger partial charge in [0, 0.05) is 44.5 Å². The van der Waals surface area contributed by atoms with Crippen LogP contribution in [0.15, 0.2) is 59.9 Å². The van der Waals surface area contributed by atoms with E-state index in [1.54, 1.807) is 24.3 Å². The molecule has 0 fully saturated rings. The standard InChI is InChI=1S/C25H29N3O4/c1-15(2)13-21(30)22-23(17-9-11-19(12-10-17)27(4)5)28(25(32)24(22)31)20-8-6-7-18(14-20)26-16(3)29/h6-12,14-15,23,31H,13H2,1-5H3,(H,26,29). The highest BCUT2D eigenvalue weighted by Crippen LogP contribution is 2.42. The fourth-order valence-corrected chi connectivity index (χ4v) is 3.84. The largest absolute Gasteiger partial charge is 0.503 e. The Kier molecular flexibility index (Phi) is 6.67. The van der Waals surface area contributed by atoms with Gasteiger partial charge in [0.05, 0.1) is 11.6 Å². The van der Waals surface area contributed by atoms with Crippen LogP contribution in [0.3, 0.4) is 0 Å². The summed E-state index contributed by atoms with van der Waals surface area (Å²) in [4.78, 5) is 41.1. The molecule has 1 aliphatic heterocycles. The summed E-state index contributed by atoms with van der Waals surface area (Å²) < 4.78 is 0. The van der Waals surface area contributed by atoms with Crippen LogP contribution in [0.2, 0.25) is 0 Å². The number of aliphatic hydroxyl groups excluding tert-OH is 1. The van der Waals surface area contributed by atoms with Gasteiger partial charge >= 0.3 is 0 Å². The van der Waals surface area contributed by atoms with Gasteiger partial charge in [-0.05, 0) is 41.8 Å². The Morgan fingerprint density at radius 1 is 1.12 bits per heavy atom. The minimum absolute atomic E-state index is 0.0758. The second kappa shape index (κ2) is 9.26. The Balaban J connectivity index is 2.12. The van der Waals surface area contributed by atoms with E-state index >= 15 is 0 Å². The molecule has 7 nitrogen and oxygen atoms in total. The van der Waals surface area contributed by atoms with Crippen LogP contribution >= 0.6 is 0 Å². The van der Waals surface area contributed by atoms with Crippen molar-refractivity contribution in [2.75, 3.05) is 29.2 Å². The second-order valence-electron chi connectivity index (χ2n) is 8.58. The first-order valence-corrected chi connectivity index (χ1v) is 10.5. The summed E-state index contributed by atoms with van der Waals surface area (Å²) in [6, 6.07) is 13.6. The number of Topliss-reactive ketones (excluding diaryl/α,β-unsaturated/α-hetero) is 1. The molecule has 0 saturated carbocycles. The van der Waals surface area contributed by atoms with E-state index in [9.17, 15) is 19.5 Å². The monoisotopic (exact) mass is 435 g/mol. The molecule has 3 rings (SSSR count). The number of amides is 2. The van der Waals surface area contributed by atoms with Crippen LogP contribution in [0, 0.1) is 5.92 Å². The number of aliphatic hydroxyl groups is 1. The average molecular weight is 436 g/mol. The van der Waals surface area contributed by atoms with E-state index in [2.05, 4.69) is 5.32 Å². The number of carbonyl (C=O) groups excluding carboxylic acids is 3. The Bertz CT molecular complexity index is 1070. The third-order valence-electron chi connectivity index (χ3n) is 5.27. The van der Waals surface area contributed by atoms with Gasteiger partial charge in [-0.1, -0.05) is 32.0 Å². The van der Waals surface area contributed by atoms with Gasteiger partial charge in [0.1, 0.15) is 0 Å². The van der Waals surface area contributed by atoms with Gasteiger partial charge in [0.15, 0.2) is 11.5 Å². The molecule has 0 spiro atoms. The van der Waals surface area contributed by atoms with Crippen LogP contribution in [-0.4, -0.2) is 36.8 Å². The number of hydrogen-bond donors (Lipinski definition) is 2. The highest BCUT2D eigenvalue weighted by molar-refractivity contribution is 6.16. The summed E-state index contributed by atoms with van der Waals surface area (Å²) in [6.07, 6.45) is 0.221. The lowest BCUT2D eigenvalue weighted by Crippen LogP contribution is -2.31. The molecule has 0 bridgehead atoms. The third-order valence-corrected chi connectivity index (χ3v) is 5.27. The summed E-state index contributed by atoms with van der Waals surface area (Å²) in [5, 5.41) is 13.5. The molecule has 1 aliphatic rings. The molecule has 2 aromatic carbocycles. The van der Waals surface area contributed by atoms with Crippen LogP contribution in [-0.2, 0) is 14.4 Å². The third kappa shape index (κ3) is 4.66. The summed E-state index contributed by atoms with van der Waals surface area (Å²) in [7, 11) is 3.86. The molecule has 2 aromatic rings. The fraction of sp³-hybridized carbons (Fsp3) is 0.320. The van der Waals surface area contributed by atoms with E-state index in [0.29, 0.717) is 16.9 Å². The predicted molar refractivity (Wildman–Crippen MR) is 126 cm³/mol. The number of nitrogens with zero attached hydrogens (tertiary/aromatic N) is 2. The van der Waals surface area contributed by atoms with Crippen LogP contribution in [0.4, 0.5) is 17.1 Å². The minimum Gasteiger partial charge on any atom is -0.503 e. The number of carbonyl (C=O) groups is 3. The smallest absolute Gasteiger partial charge is 0.294 e. The zero-order valence-electron chi connectivity index (χ0n) is 19.0. The molecule has 1 heterocycles. The molecule has 1 atom stereocenters. The molecule has 1 unspecified atom stereocenters. The number of rotatable bonds is 7. The van der Waals surface area contributed by atoms with Crippen molar-refractivity contribution in [3.05, 3.63) is 65.4 Å². The first-order valence-electron chi connectivity index (χ1n) is 10.5. The average Bonchev–Trinajstić information content (AvgIpc) is 2.98. The number of anilines is 3. The van der Waals surface area contributed by atoms with Crippen molar-refractivity contribution < 1.29 is 19.5 Å². The fourth-order valence-electron chi connectivity index (χ4n) is 3.84. The number of benzene rings is 2. The highest BCUT2D eigenvalue weighted by Gasteiger charge is 2.44. The van der Waals surface area contributed by atoms with Crippen LogP contribution < -0.4 is 15.1 Å². The van der Waals surface area contributed by atoms with E-state index in [4.69, 9.17) is 0 Å². The van der Waals surface area contributed by atoms with Crippen molar-refractivity contribution in [1.82, 2.24) is 0 Å². The number of hydrogen-bond acceptors (Lipinski definition) is 5. The van der Waals surface area contributed by atoms with Gasteiger partial charge in [-0.25, -0.2) is 0 Å². The van der Waals surface area contributed by atoms with E-state index < -0.39 is 17.7 Å². The normalized spacial score (nSPS) is 16.0. The van der Waals surface area contributed by atoms with Crippen molar-refractivity contribution in [2.45, 2.75) is 33.2 Å². The summed E-state index contributed by atoms with van der Waals surface area (Å²) >= 11 is 0. The molecule has 32 heavy (non-hydrogen) atoms. The summed E-state index contributed by atoms with van der Waals surface area (Å²) in [5.74, 6) is -1.58. The van der Waals surface area contributed by atoms with Crippen molar-refractivity contribution in [2.24, 2.45) is 5.92 Å². The van der Waals surface area contributed by atoms with Gasteiger partial charge in [0.2, 0.25) is 5.91 Å². The molecule has 0 radical (unpaired) electrons. The van der Waals surface area contributed by atoms with Gasteiger partial charge < -0.3 is 15.3 Å². The Hall–Kier alpha value is -3.61. The Labute approximate surface area is 188 Å². The SMILES string of the molecule is CC(=O)Nc1cccc(N2C(=O)C(O)=C(C(=O)CC(C)C)C2c2ccc(N(C)C)cc2)c1. The van der Waals surface area contributed by atoms with E-state index in [0.717, 1.165) is 5.69 Å². The lowest BCUT2D eigenvalue weighted by atomic mass is 9.92.